The number of thiophene rings is 1. The Labute approximate surface area is 202 Å². The summed E-state index contributed by atoms with van der Waals surface area (Å²) in [7, 11) is 0. The summed E-state index contributed by atoms with van der Waals surface area (Å²) in [4.78, 5) is 10.5. The highest BCUT2D eigenvalue weighted by Crippen LogP contribution is 2.51. The van der Waals surface area contributed by atoms with E-state index in [0.717, 1.165) is 34.8 Å². The number of benzene rings is 2. The predicted octanol–water partition coefficient (Wildman–Crippen LogP) is 4.68. The van der Waals surface area contributed by atoms with Gasteiger partial charge in [0.25, 0.3) is 0 Å². The second-order valence-electron chi connectivity index (χ2n) is 8.65. The largest absolute Gasteiger partial charge is 0.370 e. The summed E-state index contributed by atoms with van der Waals surface area (Å²) in [6.07, 6.45) is 6.71. The molecule has 2 atom stereocenters. The van der Waals surface area contributed by atoms with Crippen molar-refractivity contribution in [3.8, 4) is 0 Å². The van der Waals surface area contributed by atoms with Crippen LogP contribution in [0.1, 0.15) is 39.7 Å². The van der Waals surface area contributed by atoms with Crippen molar-refractivity contribution in [2.24, 2.45) is 15.8 Å². The maximum absolute atomic E-state index is 6.39. The zero-order valence-electron chi connectivity index (χ0n) is 18.8. The van der Waals surface area contributed by atoms with Gasteiger partial charge in [-0.1, -0.05) is 48.5 Å². The van der Waals surface area contributed by atoms with Crippen LogP contribution in [0.2, 0.25) is 0 Å². The van der Waals surface area contributed by atoms with E-state index in [1.165, 1.54) is 11.1 Å². The monoisotopic (exact) mass is 467 g/mol. The topological polar surface area (TPSA) is 83.8 Å². The Morgan fingerprint density at radius 3 is 2.85 bits per heavy atom. The van der Waals surface area contributed by atoms with Crippen molar-refractivity contribution in [1.82, 2.24) is 14.6 Å². The third-order valence-corrected chi connectivity index (χ3v) is 7.34. The van der Waals surface area contributed by atoms with Crippen LogP contribution < -0.4 is 11.1 Å². The van der Waals surface area contributed by atoms with Crippen molar-refractivity contribution in [3.63, 3.8) is 0 Å². The Morgan fingerprint density at radius 1 is 1.15 bits per heavy atom. The number of guanidine groups is 1. The van der Waals surface area contributed by atoms with Crippen LogP contribution in [0.3, 0.4) is 0 Å². The van der Waals surface area contributed by atoms with Crippen molar-refractivity contribution in [2.75, 3.05) is 5.32 Å². The number of hydrogen-bond donors (Lipinski definition) is 2. The number of rotatable bonds is 5. The van der Waals surface area contributed by atoms with Crippen LogP contribution in [0.15, 0.2) is 88.7 Å². The molecule has 8 heteroatoms. The number of imidazole rings is 1. The zero-order chi connectivity index (χ0) is 23.1. The molecule has 0 bridgehead atoms. The number of nitrogens with one attached hydrogen (secondary N) is 1. The molecular weight excluding hydrogens is 442 g/mol. The Morgan fingerprint density at radius 2 is 2.03 bits per heavy atom. The first kappa shape index (κ1) is 20.7. The minimum Gasteiger partial charge on any atom is -0.370 e. The summed E-state index contributed by atoms with van der Waals surface area (Å²) in [5.41, 5.74) is 10.9. The Bertz CT molecular complexity index is 1390. The minimum atomic E-state index is -0.868. The van der Waals surface area contributed by atoms with Gasteiger partial charge in [-0.25, -0.2) is 9.98 Å². The fraction of sp³-hybridized carbons (Fsp3) is 0.192. The molecule has 2 aromatic heterocycles. The number of anilines is 1. The first-order valence-electron chi connectivity index (χ1n) is 11.3. The lowest BCUT2D eigenvalue weighted by Crippen LogP contribution is -2.47. The van der Waals surface area contributed by atoms with E-state index in [2.05, 4.69) is 86.1 Å². The zero-order valence-corrected chi connectivity index (χ0v) is 19.6. The third-order valence-electron chi connectivity index (χ3n) is 6.33. The standard InChI is InChI=1S/C26H25N7S/c1-18-15-32(17-28-18)16-19-6-5-9-21(14-19)26(24-22(11-13-34-24)30-25(27)31-26)33-23(10-12-29-33)20-7-3-2-4-8-20/h2-9,11-15,17,23H,10,16H2,1H3,(H3,27,30,31). The lowest BCUT2D eigenvalue weighted by atomic mass is 9.91. The summed E-state index contributed by atoms with van der Waals surface area (Å²) >= 11 is 1.67. The van der Waals surface area contributed by atoms with E-state index in [0.29, 0.717) is 5.96 Å². The Hall–Kier alpha value is -3.91. The lowest BCUT2D eigenvalue weighted by Gasteiger charge is -2.43. The van der Waals surface area contributed by atoms with Crippen LogP contribution in [-0.2, 0) is 12.2 Å². The van der Waals surface area contributed by atoms with Gasteiger partial charge in [0.1, 0.15) is 0 Å². The second-order valence-corrected chi connectivity index (χ2v) is 9.57. The molecule has 0 saturated heterocycles. The summed E-state index contributed by atoms with van der Waals surface area (Å²) in [6.45, 7) is 2.73. The van der Waals surface area contributed by atoms with Crippen molar-refractivity contribution in [1.29, 1.82) is 0 Å². The first-order valence-corrected chi connectivity index (χ1v) is 12.2. The van der Waals surface area contributed by atoms with Gasteiger partial charge in [0.15, 0.2) is 5.96 Å². The van der Waals surface area contributed by atoms with Crippen molar-refractivity contribution >= 4 is 29.2 Å². The second kappa shape index (κ2) is 8.14. The highest BCUT2D eigenvalue weighted by Gasteiger charge is 2.49. The molecule has 0 fully saturated rings. The van der Waals surface area contributed by atoms with Crippen LogP contribution in [0.25, 0.3) is 0 Å². The summed E-state index contributed by atoms with van der Waals surface area (Å²) in [6, 6.07) is 21.2. The molecule has 4 aromatic rings. The molecule has 0 amide bonds. The van der Waals surface area contributed by atoms with Gasteiger partial charge in [-0.2, -0.15) is 5.10 Å². The van der Waals surface area contributed by atoms with E-state index in [9.17, 15) is 0 Å². The van der Waals surface area contributed by atoms with Crippen molar-refractivity contribution in [2.45, 2.75) is 31.6 Å². The van der Waals surface area contributed by atoms with Gasteiger partial charge in [-0.3, -0.25) is 5.01 Å². The molecule has 0 radical (unpaired) electrons. The molecule has 2 aliphatic heterocycles. The molecule has 2 unspecified atom stereocenters. The van der Waals surface area contributed by atoms with Gasteiger partial charge in [0.2, 0.25) is 5.66 Å². The predicted molar refractivity (Wildman–Crippen MR) is 137 cm³/mol. The van der Waals surface area contributed by atoms with Crippen LogP contribution in [-0.4, -0.2) is 26.7 Å². The average molecular weight is 468 g/mol. The van der Waals surface area contributed by atoms with Gasteiger partial charge in [0.05, 0.1) is 28.6 Å². The van der Waals surface area contributed by atoms with Gasteiger partial charge >= 0.3 is 0 Å². The Kier molecular flexibility index (Phi) is 4.95. The number of fused-ring (bicyclic) bond motifs is 1. The van der Waals surface area contributed by atoms with Crippen LogP contribution >= 0.6 is 11.3 Å². The Balaban J connectivity index is 1.52. The molecule has 2 aromatic carbocycles. The SMILES string of the molecule is Cc1cn(Cc2cccc(C3(N4N=CCC4c4ccccc4)N=C(N)Nc4ccsc43)c2)cn1. The highest BCUT2D eigenvalue weighted by atomic mass is 32.1. The number of nitrogens with two attached hydrogens (primary N) is 1. The fourth-order valence-electron chi connectivity index (χ4n) is 4.88. The fourth-order valence-corrected chi connectivity index (χ4v) is 5.89. The number of nitrogens with zero attached hydrogens (tertiary/aromatic N) is 5. The van der Waals surface area contributed by atoms with E-state index in [1.807, 2.05) is 25.5 Å². The molecule has 170 valence electrons. The first-order chi connectivity index (χ1) is 16.6. The van der Waals surface area contributed by atoms with Gasteiger partial charge in [-0.05, 0) is 35.6 Å². The normalized spacial score (nSPS) is 21.3. The van der Waals surface area contributed by atoms with Crippen LogP contribution in [0, 0.1) is 6.92 Å². The quantitative estimate of drug-likeness (QED) is 0.447. The van der Waals surface area contributed by atoms with Crippen molar-refractivity contribution < 1.29 is 0 Å². The van der Waals surface area contributed by atoms with E-state index in [4.69, 9.17) is 15.8 Å². The summed E-state index contributed by atoms with van der Waals surface area (Å²) in [5, 5.41) is 12.4. The average Bonchev–Trinajstić information content (AvgIpc) is 3.60. The molecule has 0 spiro atoms. The number of hydrogen-bond acceptors (Lipinski definition) is 7. The minimum absolute atomic E-state index is 0.0470. The molecule has 0 aliphatic carbocycles. The van der Waals surface area contributed by atoms with E-state index >= 15 is 0 Å². The molecule has 4 heterocycles. The molecule has 7 nitrogen and oxygen atoms in total. The molecule has 0 saturated carbocycles. The van der Waals surface area contributed by atoms with Crippen LogP contribution in [0.4, 0.5) is 5.69 Å². The van der Waals surface area contributed by atoms with Gasteiger partial charge in [-0.15, -0.1) is 11.3 Å². The molecular formula is C26H25N7S. The van der Waals surface area contributed by atoms with Gasteiger partial charge < -0.3 is 15.6 Å². The smallest absolute Gasteiger partial charge is 0.214 e. The number of hydrazone groups is 1. The summed E-state index contributed by atoms with van der Waals surface area (Å²) in [5.74, 6) is 0.385. The van der Waals surface area contributed by atoms with E-state index in [1.54, 1.807) is 11.3 Å². The molecule has 2 aliphatic rings. The number of aliphatic imine (C=N–C) groups is 1. The maximum Gasteiger partial charge on any atom is 0.214 e. The third kappa shape index (κ3) is 3.38. The maximum atomic E-state index is 6.39. The highest BCUT2D eigenvalue weighted by molar-refractivity contribution is 7.10. The van der Waals surface area contributed by atoms with Gasteiger partial charge in [0, 0.05) is 30.9 Å². The summed E-state index contributed by atoms with van der Waals surface area (Å²) < 4.78 is 2.10. The lowest BCUT2D eigenvalue weighted by molar-refractivity contribution is 0.0990. The van der Waals surface area contributed by atoms with E-state index in [-0.39, 0.29) is 6.04 Å². The van der Waals surface area contributed by atoms with E-state index < -0.39 is 5.66 Å². The number of aryl methyl sites for hydroxylation is 1. The van der Waals surface area contributed by atoms with Crippen LogP contribution in [0.5, 0.6) is 0 Å². The molecule has 3 N–H and O–H groups in total. The molecule has 34 heavy (non-hydrogen) atoms. The molecule has 6 rings (SSSR count). The van der Waals surface area contributed by atoms with Crippen molar-refractivity contribution in [3.05, 3.63) is 106 Å². The number of aromatic nitrogens is 2.